The second-order valence-electron chi connectivity index (χ2n) is 5.71. The van der Waals surface area contributed by atoms with Crippen LogP contribution < -0.4 is 0 Å². The van der Waals surface area contributed by atoms with Gasteiger partial charge >= 0.3 is 0 Å². The molecule has 0 N–H and O–H groups in total. The van der Waals surface area contributed by atoms with Crippen LogP contribution in [0.3, 0.4) is 0 Å². The summed E-state index contributed by atoms with van der Waals surface area (Å²) in [4.78, 5) is 5.81. The molecular weight excluding hydrogens is 286 g/mol. The molecule has 3 rings (SSSR count). The van der Waals surface area contributed by atoms with E-state index in [0.29, 0.717) is 23.2 Å². The number of rotatable bonds is 3. The van der Waals surface area contributed by atoms with Crippen LogP contribution in [0, 0.1) is 6.92 Å². The molecule has 0 saturated carbocycles. The first-order valence-electron chi connectivity index (χ1n) is 6.75. The minimum absolute atomic E-state index is 0.273. The van der Waals surface area contributed by atoms with Gasteiger partial charge in [-0.1, -0.05) is 17.7 Å². The van der Waals surface area contributed by atoms with E-state index in [1.165, 1.54) is 6.26 Å². The molecule has 0 amide bonds. The summed E-state index contributed by atoms with van der Waals surface area (Å²) in [5, 5.41) is 0. The number of hydrogen-bond donors (Lipinski definition) is 0. The fourth-order valence-electron chi connectivity index (χ4n) is 2.09. The summed E-state index contributed by atoms with van der Waals surface area (Å²) in [6, 6.07) is 9.33. The summed E-state index contributed by atoms with van der Waals surface area (Å²) >= 11 is 0. The van der Waals surface area contributed by atoms with Gasteiger partial charge in [0.1, 0.15) is 6.61 Å². The summed E-state index contributed by atoms with van der Waals surface area (Å²) in [7, 11) is -1.31. The second-order valence-corrected chi connectivity index (χ2v) is 7.16. The van der Waals surface area contributed by atoms with Crippen molar-refractivity contribution < 1.29 is 13.4 Å². The van der Waals surface area contributed by atoms with Crippen molar-refractivity contribution in [1.29, 1.82) is 0 Å². The van der Waals surface area contributed by atoms with E-state index >= 15 is 0 Å². The molecule has 0 fully saturated rings. The highest BCUT2D eigenvalue weighted by Crippen LogP contribution is 2.27. The van der Waals surface area contributed by atoms with Crippen LogP contribution in [0.15, 0.2) is 55.8 Å². The second kappa shape index (κ2) is 5.15. The molecule has 0 saturated heterocycles. The molecule has 1 atom stereocenters. The molecule has 5 heteroatoms. The molecule has 2 aromatic rings. The van der Waals surface area contributed by atoms with Crippen LogP contribution >= 0.6 is 0 Å². The molecule has 1 aromatic carbocycles. The number of nitrogens with zero attached hydrogens (tertiary/aromatic N) is 1. The number of hydrogen-bond acceptors (Lipinski definition) is 4. The molecule has 1 aliphatic heterocycles. The van der Waals surface area contributed by atoms with Crippen molar-refractivity contribution in [3.8, 4) is 0 Å². The summed E-state index contributed by atoms with van der Waals surface area (Å²) < 4.78 is 23.7. The Balaban J connectivity index is 1.96. The molecule has 0 radical (unpaired) electrons. The molecule has 2 heterocycles. The van der Waals surface area contributed by atoms with E-state index in [1.807, 2.05) is 45.0 Å². The Morgan fingerprint density at radius 1 is 1.19 bits per heavy atom. The highest BCUT2D eigenvalue weighted by Gasteiger charge is 2.31. The zero-order chi connectivity index (χ0) is 15.0. The maximum absolute atomic E-state index is 12.7. The monoisotopic (exact) mass is 303 g/mol. The van der Waals surface area contributed by atoms with Crippen LogP contribution in [0.1, 0.15) is 25.2 Å². The Morgan fingerprint density at radius 2 is 1.90 bits per heavy atom. The van der Waals surface area contributed by atoms with E-state index in [9.17, 15) is 4.21 Å². The molecule has 4 nitrogen and oxygen atoms in total. The van der Waals surface area contributed by atoms with E-state index in [-0.39, 0.29) is 5.54 Å². The fraction of sp³-hybridized carbons (Fsp3) is 0.312. The largest absolute Gasteiger partial charge is 0.473 e. The Bertz CT molecular complexity index is 713. The lowest BCUT2D eigenvalue weighted by Crippen LogP contribution is -2.17. The lowest BCUT2D eigenvalue weighted by Gasteiger charge is -2.07. The smallest absolute Gasteiger partial charge is 0.255 e. The van der Waals surface area contributed by atoms with Crippen molar-refractivity contribution in [2.45, 2.75) is 36.1 Å². The van der Waals surface area contributed by atoms with Crippen LogP contribution in [-0.4, -0.2) is 22.3 Å². The molecule has 21 heavy (non-hydrogen) atoms. The van der Waals surface area contributed by atoms with E-state index in [4.69, 9.17) is 9.15 Å². The summed E-state index contributed by atoms with van der Waals surface area (Å²) in [5.74, 6) is 0.889. The topological polar surface area (TPSA) is 51.8 Å². The van der Waals surface area contributed by atoms with Gasteiger partial charge in [0.2, 0.25) is 5.76 Å². The van der Waals surface area contributed by atoms with Gasteiger partial charge in [-0.3, -0.25) is 0 Å². The molecule has 0 spiro atoms. The van der Waals surface area contributed by atoms with Crippen LogP contribution in [0.25, 0.3) is 0 Å². The molecule has 0 aliphatic carbocycles. The maximum atomic E-state index is 12.7. The van der Waals surface area contributed by atoms with Gasteiger partial charge in [-0.2, -0.15) is 0 Å². The summed E-state index contributed by atoms with van der Waals surface area (Å²) in [6.07, 6.45) is 1.52. The van der Waals surface area contributed by atoms with Crippen molar-refractivity contribution in [3.63, 3.8) is 0 Å². The van der Waals surface area contributed by atoms with E-state index in [2.05, 4.69) is 4.99 Å². The molecular formula is C16H17NO3S. The van der Waals surface area contributed by atoms with E-state index < -0.39 is 10.8 Å². The lowest BCUT2D eigenvalue weighted by atomic mass is 10.1. The average molecular weight is 303 g/mol. The highest BCUT2D eigenvalue weighted by molar-refractivity contribution is 7.85. The Labute approximate surface area is 126 Å². The minimum atomic E-state index is -1.31. The van der Waals surface area contributed by atoms with Crippen molar-refractivity contribution in [3.05, 3.63) is 47.9 Å². The van der Waals surface area contributed by atoms with Gasteiger partial charge in [-0.05, 0) is 39.0 Å². The van der Waals surface area contributed by atoms with Gasteiger partial charge in [0.15, 0.2) is 0 Å². The Kier molecular flexibility index (Phi) is 3.45. The van der Waals surface area contributed by atoms with Crippen LogP contribution in [0.4, 0.5) is 0 Å². The number of aryl methyl sites for hydroxylation is 1. The van der Waals surface area contributed by atoms with E-state index in [0.717, 1.165) is 10.5 Å². The van der Waals surface area contributed by atoms with Gasteiger partial charge in [0.05, 0.1) is 27.5 Å². The third-order valence-corrected chi connectivity index (χ3v) is 4.65. The van der Waals surface area contributed by atoms with Crippen LogP contribution in [-0.2, 0) is 15.5 Å². The number of furan rings is 1. The van der Waals surface area contributed by atoms with Gasteiger partial charge < -0.3 is 9.15 Å². The molecule has 110 valence electrons. The quantitative estimate of drug-likeness (QED) is 0.874. The first kappa shape index (κ1) is 14.1. The molecule has 0 bridgehead atoms. The maximum Gasteiger partial charge on any atom is 0.255 e. The summed E-state index contributed by atoms with van der Waals surface area (Å²) in [5.41, 5.74) is 0.860. The lowest BCUT2D eigenvalue weighted by molar-refractivity contribution is 0.275. The molecule has 1 unspecified atom stereocenters. The van der Waals surface area contributed by atoms with Crippen molar-refractivity contribution in [2.75, 3.05) is 6.61 Å². The minimum Gasteiger partial charge on any atom is -0.473 e. The highest BCUT2D eigenvalue weighted by atomic mass is 32.2. The molecule has 1 aromatic heterocycles. The fourth-order valence-corrected chi connectivity index (χ4v) is 3.21. The van der Waals surface area contributed by atoms with Gasteiger partial charge in [-0.25, -0.2) is 9.20 Å². The predicted molar refractivity (Wildman–Crippen MR) is 81.1 cm³/mol. The van der Waals surface area contributed by atoms with Crippen LogP contribution in [0.2, 0.25) is 0 Å². The van der Waals surface area contributed by atoms with Gasteiger partial charge in [0, 0.05) is 4.90 Å². The Hall–Kier alpha value is -1.88. The van der Waals surface area contributed by atoms with Gasteiger partial charge in [-0.15, -0.1) is 0 Å². The first-order valence-corrected chi connectivity index (χ1v) is 7.90. The SMILES string of the molecule is Cc1ccc(S(=O)c2ccoc2C2=NC(C)(C)CO2)cc1. The number of aliphatic imine (C=N–C) groups is 1. The zero-order valence-electron chi connectivity index (χ0n) is 12.3. The van der Waals surface area contributed by atoms with Crippen LogP contribution in [0.5, 0.6) is 0 Å². The first-order chi connectivity index (χ1) is 9.96. The standard InChI is InChI=1S/C16H17NO3S/c1-11-4-6-12(7-5-11)21(18)13-8-9-19-14(13)15-17-16(2,3)10-20-15/h4-9H,10H2,1-3H3. The molecule has 1 aliphatic rings. The normalized spacial score (nSPS) is 18.1. The third-order valence-electron chi connectivity index (χ3n) is 3.22. The van der Waals surface area contributed by atoms with E-state index in [1.54, 1.807) is 6.07 Å². The van der Waals surface area contributed by atoms with Crippen molar-refractivity contribution in [1.82, 2.24) is 0 Å². The Morgan fingerprint density at radius 3 is 2.52 bits per heavy atom. The van der Waals surface area contributed by atoms with Gasteiger partial charge in [0.25, 0.3) is 5.90 Å². The van der Waals surface area contributed by atoms with Crippen molar-refractivity contribution in [2.24, 2.45) is 4.99 Å². The average Bonchev–Trinajstić information content (AvgIpc) is 3.05. The third kappa shape index (κ3) is 2.78. The number of benzene rings is 1. The predicted octanol–water partition coefficient (Wildman–Crippen LogP) is 3.31. The zero-order valence-corrected chi connectivity index (χ0v) is 13.1. The summed E-state index contributed by atoms with van der Waals surface area (Å²) in [6.45, 7) is 6.47. The van der Waals surface area contributed by atoms with Crippen molar-refractivity contribution >= 4 is 16.7 Å². The number of ether oxygens (including phenoxy) is 1.